The van der Waals surface area contributed by atoms with Crippen molar-refractivity contribution in [3.63, 3.8) is 0 Å². The van der Waals surface area contributed by atoms with Crippen LogP contribution in [-0.2, 0) is 0 Å². The first kappa shape index (κ1) is 13.8. The van der Waals surface area contributed by atoms with E-state index in [4.69, 9.17) is 12.2 Å². The molecule has 3 nitrogen and oxygen atoms in total. The molecule has 1 aliphatic rings. The van der Waals surface area contributed by atoms with Crippen LogP contribution in [-0.4, -0.2) is 42.7 Å². The van der Waals surface area contributed by atoms with Crippen LogP contribution < -0.4 is 10.2 Å². The number of nitrogens with zero attached hydrogens (tertiary/aromatic N) is 2. The first-order valence-corrected chi connectivity index (χ1v) is 6.75. The lowest BCUT2D eigenvalue weighted by molar-refractivity contribution is 0.381. The highest BCUT2D eigenvalue weighted by Crippen LogP contribution is 2.16. The van der Waals surface area contributed by atoms with Crippen molar-refractivity contribution in [3.8, 4) is 0 Å². The monoisotopic (exact) mass is 279 g/mol. The number of thiocarbonyl (C=S) groups is 1. The van der Waals surface area contributed by atoms with Crippen LogP contribution in [0.2, 0.25) is 0 Å². The number of hydrogen-bond donors (Lipinski definition) is 1. The van der Waals surface area contributed by atoms with Gasteiger partial charge in [0, 0.05) is 38.4 Å². The zero-order valence-corrected chi connectivity index (χ0v) is 11.6. The molecule has 1 fully saturated rings. The predicted octanol–water partition coefficient (Wildman–Crippen LogP) is 2.01. The largest absolute Gasteiger partial charge is 0.368 e. The fourth-order valence-electron chi connectivity index (χ4n) is 2.09. The van der Waals surface area contributed by atoms with Crippen molar-refractivity contribution >= 4 is 23.0 Å². The highest BCUT2D eigenvalue weighted by molar-refractivity contribution is 7.80. The van der Waals surface area contributed by atoms with Crippen LogP contribution in [0.3, 0.4) is 0 Å². The van der Waals surface area contributed by atoms with Gasteiger partial charge in [-0.25, -0.2) is 4.39 Å². The standard InChI is InChI=1S/C14H18FN3S/c1-2-7-16-14(19)18-10-8-17(9-11-18)13-5-3-12(15)4-6-13/h2-6H,1,7-11H2,(H,16,19). The molecule has 0 aromatic heterocycles. The Balaban J connectivity index is 1.86. The smallest absolute Gasteiger partial charge is 0.169 e. The van der Waals surface area contributed by atoms with E-state index in [9.17, 15) is 4.39 Å². The number of rotatable bonds is 3. The summed E-state index contributed by atoms with van der Waals surface area (Å²) in [5, 5.41) is 3.91. The molecule has 0 atom stereocenters. The zero-order chi connectivity index (χ0) is 13.7. The van der Waals surface area contributed by atoms with Crippen LogP contribution in [0.5, 0.6) is 0 Å². The third-order valence-corrected chi connectivity index (χ3v) is 3.56. The Kier molecular flexibility index (Phi) is 4.74. The minimum Gasteiger partial charge on any atom is -0.368 e. The number of hydrogen-bond acceptors (Lipinski definition) is 2. The number of piperazine rings is 1. The molecule has 1 saturated heterocycles. The van der Waals surface area contributed by atoms with Gasteiger partial charge in [0.25, 0.3) is 0 Å². The van der Waals surface area contributed by atoms with Crippen LogP contribution in [0.4, 0.5) is 10.1 Å². The van der Waals surface area contributed by atoms with Crippen LogP contribution in [0.25, 0.3) is 0 Å². The molecule has 1 N–H and O–H groups in total. The van der Waals surface area contributed by atoms with Gasteiger partial charge in [0.1, 0.15) is 5.82 Å². The van der Waals surface area contributed by atoms with Crippen molar-refractivity contribution in [2.75, 3.05) is 37.6 Å². The normalized spacial score (nSPS) is 15.2. The second kappa shape index (κ2) is 6.52. The summed E-state index contributed by atoms with van der Waals surface area (Å²) in [4.78, 5) is 4.39. The van der Waals surface area contributed by atoms with E-state index in [2.05, 4.69) is 21.7 Å². The maximum absolute atomic E-state index is 12.9. The second-order valence-corrected chi connectivity index (χ2v) is 4.81. The third kappa shape index (κ3) is 3.67. The fraction of sp³-hybridized carbons (Fsp3) is 0.357. The van der Waals surface area contributed by atoms with Gasteiger partial charge in [0.05, 0.1) is 0 Å². The zero-order valence-electron chi connectivity index (χ0n) is 10.8. The van der Waals surface area contributed by atoms with Crippen molar-refractivity contribution in [2.24, 2.45) is 0 Å². The molecule has 5 heteroatoms. The van der Waals surface area contributed by atoms with Crippen molar-refractivity contribution < 1.29 is 4.39 Å². The number of benzene rings is 1. The first-order chi connectivity index (χ1) is 9.20. The minimum absolute atomic E-state index is 0.197. The third-order valence-electron chi connectivity index (χ3n) is 3.16. The van der Waals surface area contributed by atoms with E-state index in [1.165, 1.54) is 12.1 Å². The molecule has 0 unspecified atom stereocenters. The average molecular weight is 279 g/mol. The molecular weight excluding hydrogens is 261 g/mol. The SMILES string of the molecule is C=CCNC(=S)N1CCN(c2ccc(F)cc2)CC1. The molecule has 102 valence electrons. The Morgan fingerprint density at radius 1 is 1.26 bits per heavy atom. The van der Waals surface area contributed by atoms with Crippen LogP contribution in [0.1, 0.15) is 0 Å². The van der Waals surface area contributed by atoms with Crippen LogP contribution in [0.15, 0.2) is 36.9 Å². The predicted molar refractivity (Wildman–Crippen MR) is 81.0 cm³/mol. The highest BCUT2D eigenvalue weighted by Gasteiger charge is 2.18. The van der Waals surface area contributed by atoms with E-state index >= 15 is 0 Å². The number of nitrogens with one attached hydrogen (secondary N) is 1. The van der Waals surface area contributed by atoms with E-state index in [0.29, 0.717) is 6.54 Å². The van der Waals surface area contributed by atoms with Gasteiger partial charge in [-0.3, -0.25) is 0 Å². The van der Waals surface area contributed by atoms with E-state index in [1.807, 2.05) is 12.1 Å². The van der Waals surface area contributed by atoms with Gasteiger partial charge >= 0.3 is 0 Å². The Morgan fingerprint density at radius 3 is 2.47 bits per heavy atom. The molecule has 2 rings (SSSR count). The summed E-state index contributed by atoms with van der Waals surface area (Å²) in [5.41, 5.74) is 1.06. The van der Waals surface area contributed by atoms with E-state index < -0.39 is 0 Å². The van der Waals surface area contributed by atoms with Crippen molar-refractivity contribution in [3.05, 3.63) is 42.7 Å². The Hall–Kier alpha value is -1.62. The van der Waals surface area contributed by atoms with Crippen molar-refractivity contribution in [1.29, 1.82) is 0 Å². The lowest BCUT2D eigenvalue weighted by Gasteiger charge is -2.37. The maximum atomic E-state index is 12.9. The Labute approximate surface area is 118 Å². The van der Waals surface area contributed by atoms with Gasteiger partial charge in [-0.2, -0.15) is 0 Å². The molecule has 0 amide bonds. The molecular formula is C14H18FN3S. The highest BCUT2D eigenvalue weighted by atomic mass is 32.1. The molecule has 1 aliphatic heterocycles. The number of halogens is 1. The van der Waals surface area contributed by atoms with Gasteiger partial charge in [0.15, 0.2) is 5.11 Å². The van der Waals surface area contributed by atoms with Crippen molar-refractivity contribution in [2.45, 2.75) is 0 Å². The molecule has 0 radical (unpaired) electrons. The van der Waals surface area contributed by atoms with E-state index in [-0.39, 0.29) is 5.82 Å². The van der Waals surface area contributed by atoms with E-state index in [1.54, 1.807) is 6.08 Å². The summed E-state index contributed by atoms with van der Waals surface area (Å²) >= 11 is 5.31. The number of anilines is 1. The second-order valence-electron chi connectivity index (χ2n) is 4.43. The first-order valence-electron chi connectivity index (χ1n) is 6.35. The summed E-state index contributed by atoms with van der Waals surface area (Å²) in [6.45, 7) is 7.88. The van der Waals surface area contributed by atoms with E-state index in [0.717, 1.165) is 37.0 Å². The molecule has 1 heterocycles. The van der Waals surface area contributed by atoms with Crippen molar-refractivity contribution in [1.82, 2.24) is 10.2 Å². The van der Waals surface area contributed by atoms with Gasteiger partial charge in [-0.1, -0.05) is 6.08 Å². The summed E-state index contributed by atoms with van der Waals surface area (Å²) < 4.78 is 12.9. The lowest BCUT2D eigenvalue weighted by Crippen LogP contribution is -2.51. The van der Waals surface area contributed by atoms with Gasteiger partial charge in [-0.15, -0.1) is 6.58 Å². The van der Waals surface area contributed by atoms with Crippen LogP contribution >= 0.6 is 12.2 Å². The van der Waals surface area contributed by atoms with Gasteiger partial charge < -0.3 is 15.1 Å². The molecule has 0 saturated carbocycles. The quantitative estimate of drug-likeness (QED) is 0.673. The average Bonchev–Trinajstić information content (AvgIpc) is 2.46. The minimum atomic E-state index is -0.197. The topological polar surface area (TPSA) is 18.5 Å². The van der Waals surface area contributed by atoms with Crippen LogP contribution in [0, 0.1) is 5.82 Å². The van der Waals surface area contributed by atoms with Gasteiger partial charge in [0.2, 0.25) is 0 Å². The summed E-state index contributed by atoms with van der Waals surface area (Å²) in [5.74, 6) is -0.197. The maximum Gasteiger partial charge on any atom is 0.169 e. The summed E-state index contributed by atoms with van der Waals surface area (Å²) in [6, 6.07) is 6.63. The molecule has 0 bridgehead atoms. The molecule has 0 spiro atoms. The Bertz CT molecular complexity index is 439. The molecule has 0 aliphatic carbocycles. The summed E-state index contributed by atoms with van der Waals surface area (Å²) in [6.07, 6.45) is 1.79. The molecule has 1 aromatic rings. The lowest BCUT2D eigenvalue weighted by atomic mass is 10.2. The van der Waals surface area contributed by atoms with Gasteiger partial charge in [-0.05, 0) is 36.5 Å². The molecule has 19 heavy (non-hydrogen) atoms. The Morgan fingerprint density at radius 2 is 1.89 bits per heavy atom. The molecule has 1 aromatic carbocycles. The fourth-order valence-corrected chi connectivity index (χ4v) is 2.36. The summed E-state index contributed by atoms with van der Waals surface area (Å²) in [7, 11) is 0.